The maximum atomic E-state index is 12.7. The lowest BCUT2D eigenvalue weighted by molar-refractivity contribution is 0.0700. The van der Waals surface area contributed by atoms with E-state index in [1.54, 1.807) is 7.11 Å². The minimum atomic E-state index is 0.0564. The third kappa shape index (κ3) is 3.47. The van der Waals surface area contributed by atoms with E-state index in [-0.39, 0.29) is 11.9 Å². The Morgan fingerprint density at radius 1 is 1.45 bits per heavy atom. The zero-order valence-corrected chi connectivity index (χ0v) is 13.9. The van der Waals surface area contributed by atoms with Gasteiger partial charge in [0.05, 0.1) is 11.6 Å². The van der Waals surface area contributed by atoms with Gasteiger partial charge in [-0.1, -0.05) is 12.8 Å². The van der Waals surface area contributed by atoms with Crippen molar-refractivity contribution in [1.82, 2.24) is 4.90 Å². The molecule has 0 aromatic heterocycles. The van der Waals surface area contributed by atoms with Crippen LogP contribution in [0.3, 0.4) is 0 Å². The van der Waals surface area contributed by atoms with Crippen molar-refractivity contribution < 1.29 is 9.53 Å². The topological polar surface area (TPSA) is 29.5 Å². The lowest BCUT2D eigenvalue weighted by Gasteiger charge is -2.28. The number of nitrogens with zero attached hydrogens (tertiary/aromatic N) is 1. The molecule has 20 heavy (non-hydrogen) atoms. The molecule has 1 atom stereocenters. The molecule has 0 bridgehead atoms. The highest BCUT2D eigenvalue weighted by molar-refractivity contribution is 9.10. The van der Waals surface area contributed by atoms with Gasteiger partial charge in [-0.3, -0.25) is 4.79 Å². The number of rotatable bonds is 3. The second kappa shape index (κ2) is 7.32. The lowest BCUT2D eigenvalue weighted by atomic mass is 10.1. The van der Waals surface area contributed by atoms with Gasteiger partial charge in [0.15, 0.2) is 0 Å². The first-order valence-electron chi connectivity index (χ1n) is 6.88. The average Bonchev–Trinajstić information content (AvgIpc) is 2.71. The molecule has 0 spiro atoms. The Morgan fingerprint density at radius 3 is 2.90 bits per heavy atom. The van der Waals surface area contributed by atoms with Crippen LogP contribution in [-0.2, 0) is 0 Å². The third-order valence-electron chi connectivity index (χ3n) is 3.71. The highest BCUT2D eigenvalue weighted by Gasteiger charge is 2.25. The first kappa shape index (κ1) is 15.6. The number of hydrogen-bond donors (Lipinski definition) is 0. The molecule has 0 N–H and O–H groups in total. The van der Waals surface area contributed by atoms with Crippen molar-refractivity contribution in [1.29, 1.82) is 0 Å². The minimum absolute atomic E-state index is 0.0564. The summed E-state index contributed by atoms with van der Waals surface area (Å²) in [6.07, 6.45) is 4.36. The maximum Gasteiger partial charge on any atom is 0.254 e. The molecule has 1 fully saturated rings. The number of alkyl halides is 1. The molecule has 1 aliphatic heterocycles. The summed E-state index contributed by atoms with van der Waals surface area (Å²) in [6.45, 7) is 0.792. The fraction of sp³-hybridized carbons (Fsp3) is 0.533. The Labute approximate surface area is 133 Å². The van der Waals surface area contributed by atoms with Crippen LogP contribution in [0.2, 0.25) is 0 Å². The summed E-state index contributed by atoms with van der Waals surface area (Å²) in [5, 5.41) is 0. The van der Waals surface area contributed by atoms with E-state index < -0.39 is 0 Å². The molecule has 1 aliphatic rings. The molecule has 1 aromatic rings. The summed E-state index contributed by atoms with van der Waals surface area (Å²) < 4.78 is 5.99. The van der Waals surface area contributed by atoms with Gasteiger partial charge in [0.2, 0.25) is 0 Å². The molecule has 0 saturated carbocycles. The quantitative estimate of drug-likeness (QED) is 0.760. The fourth-order valence-electron chi connectivity index (χ4n) is 2.57. The molecule has 2 rings (SSSR count). The van der Waals surface area contributed by atoms with Gasteiger partial charge in [0, 0.05) is 24.0 Å². The Morgan fingerprint density at radius 2 is 2.25 bits per heavy atom. The van der Waals surface area contributed by atoms with Gasteiger partial charge in [-0.25, -0.2) is 0 Å². The smallest absolute Gasteiger partial charge is 0.254 e. The molecule has 1 amide bonds. The zero-order valence-electron chi connectivity index (χ0n) is 11.6. The molecular formula is C15H19BrClNO2. The fourth-order valence-corrected chi connectivity index (χ4v) is 3.43. The first-order chi connectivity index (χ1) is 9.67. The van der Waals surface area contributed by atoms with Crippen LogP contribution in [0, 0.1) is 0 Å². The van der Waals surface area contributed by atoms with E-state index in [9.17, 15) is 4.79 Å². The molecular weight excluding hydrogens is 342 g/mol. The number of hydrogen-bond acceptors (Lipinski definition) is 2. The van der Waals surface area contributed by atoms with Crippen molar-refractivity contribution in [2.24, 2.45) is 0 Å². The van der Waals surface area contributed by atoms with Crippen molar-refractivity contribution in [3.8, 4) is 5.75 Å². The van der Waals surface area contributed by atoms with Crippen molar-refractivity contribution >= 4 is 33.4 Å². The van der Waals surface area contributed by atoms with Gasteiger partial charge in [-0.2, -0.15) is 0 Å². The van der Waals surface area contributed by atoms with Crippen molar-refractivity contribution in [2.45, 2.75) is 31.7 Å². The molecule has 1 unspecified atom stereocenters. The molecule has 0 aliphatic carbocycles. The van der Waals surface area contributed by atoms with E-state index in [1.807, 2.05) is 23.1 Å². The molecule has 5 heteroatoms. The third-order valence-corrected chi connectivity index (χ3v) is 4.69. The predicted molar refractivity (Wildman–Crippen MR) is 84.7 cm³/mol. The van der Waals surface area contributed by atoms with Gasteiger partial charge in [0.1, 0.15) is 5.75 Å². The van der Waals surface area contributed by atoms with Crippen LogP contribution < -0.4 is 4.74 Å². The Balaban J connectivity index is 2.22. The summed E-state index contributed by atoms with van der Waals surface area (Å²) in [4.78, 5) is 14.6. The average molecular weight is 361 g/mol. The summed E-state index contributed by atoms with van der Waals surface area (Å²) in [5.74, 6) is 1.29. The van der Waals surface area contributed by atoms with Gasteiger partial charge in [-0.15, -0.1) is 11.6 Å². The number of likely N-dealkylation sites (tertiary alicyclic amines) is 1. The van der Waals surface area contributed by atoms with Gasteiger partial charge >= 0.3 is 0 Å². The molecule has 110 valence electrons. The number of carbonyl (C=O) groups is 1. The zero-order chi connectivity index (χ0) is 14.5. The van der Waals surface area contributed by atoms with Crippen LogP contribution in [-0.4, -0.2) is 36.4 Å². The largest absolute Gasteiger partial charge is 0.496 e. The van der Waals surface area contributed by atoms with Crippen LogP contribution in [0.1, 0.15) is 36.0 Å². The van der Waals surface area contributed by atoms with Crippen LogP contribution in [0.15, 0.2) is 22.7 Å². The molecule has 1 heterocycles. The van der Waals surface area contributed by atoms with E-state index in [1.165, 1.54) is 6.42 Å². The van der Waals surface area contributed by atoms with E-state index in [0.717, 1.165) is 36.0 Å². The van der Waals surface area contributed by atoms with Crippen LogP contribution in [0.25, 0.3) is 0 Å². The number of benzene rings is 1. The molecule has 3 nitrogen and oxygen atoms in total. The summed E-state index contributed by atoms with van der Waals surface area (Å²) in [6, 6.07) is 5.58. The molecule has 1 saturated heterocycles. The second-order valence-electron chi connectivity index (χ2n) is 5.01. The Kier molecular flexibility index (Phi) is 5.73. The summed E-state index contributed by atoms with van der Waals surface area (Å²) >= 11 is 9.46. The maximum absolute atomic E-state index is 12.7. The van der Waals surface area contributed by atoms with Crippen molar-refractivity contribution in [3.63, 3.8) is 0 Å². The van der Waals surface area contributed by atoms with E-state index in [0.29, 0.717) is 11.4 Å². The minimum Gasteiger partial charge on any atom is -0.496 e. The second-order valence-corrected chi connectivity index (χ2v) is 6.17. The van der Waals surface area contributed by atoms with E-state index in [4.69, 9.17) is 16.3 Å². The number of methoxy groups -OCH3 is 1. The van der Waals surface area contributed by atoms with Gasteiger partial charge in [-0.05, 0) is 47.0 Å². The highest BCUT2D eigenvalue weighted by Crippen LogP contribution is 2.27. The number of ether oxygens (including phenoxy) is 1. The standard InChI is InChI=1S/C15H19BrClNO2/c1-20-14-7-6-11(9-13(14)16)15(19)18-8-4-2-3-5-12(18)10-17/h6-7,9,12H,2-5,8,10H2,1H3. The molecule has 0 radical (unpaired) electrons. The van der Waals surface area contributed by atoms with E-state index >= 15 is 0 Å². The normalized spacial score (nSPS) is 19.6. The van der Waals surface area contributed by atoms with Gasteiger partial charge in [0.25, 0.3) is 5.91 Å². The van der Waals surface area contributed by atoms with Crippen LogP contribution in [0.5, 0.6) is 5.75 Å². The van der Waals surface area contributed by atoms with Gasteiger partial charge < -0.3 is 9.64 Å². The highest BCUT2D eigenvalue weighted by atomic mass is 79.9. The van der Waals surface area contributed by atoms with Crippen molar-refractivity contribution in [2.75, 3.05) is 19.5 Å². The van der Waals surface area contributed by atoms with E-state index in [2.05, 4.69) is 15.9 Å². The summed E-state index contributed by atoms with van der Waals surface area (Å²) in [7, 11) is 1.61. The monoisotopic (exact) mass is 359 g/mol. The number of amides is 1. The molecule has 1 aromatic carbocycles. The predicted octanol–water partition coefficient (Wildman–Crippen LogP) is 4.08. The first-order valence-corrected chi connectivity index (χ1v) is 8.20. The van der Waals surface area contributed by atoms with Crippen LogP contribution >= 0.6 is 27.5 Å². The Hall–Kier alpha value is -0.740. The lowest BCUT2D eigenvalue weighted by Crippen LogP contribution is -2.41. The van der Waals surface area contributed by atoms with Crippen LogP contribution in [0.4, 0.5) is 0 Å². The summed E-state index contributed by atoms with van der Waals surface area (Å²) in [5.41, 5.74) is 0.676. The SMILES string of the molecule is COc1ccc(C(=O)N2CCCCCC2CCl)cc1Br. The number of halogens is 2. The Bertz CT molecular complexity index is 481. The van der Waals surface area contributed by atoms with Crippen molar-refractivity contribution in [3.05, 3.63) is 28.2 Å². The number of carbonyl (C=O) groups excluding carboxylic acids is 1.